The van der Waals surface area contributed by atoms with Gasteiger partial charge in [-0.15, -0.1) is 0 Å². The lowest BCUT2D eigenvalue weighted by molar-refractivity contribution is 0.600. The van der Waals surface area contributed by atoms with Crippen molar-refractivity contribution in [2.24, 2.45) is 0 Å². The van der Waals surface area contributed by atoms with E-state index >= 15 is 0 Å². The van der Waals surface area contributed by atoms with Gasteiger partial charge in [0.1, 0.15) is 5.82 Å². The molecule has 0 fully saturated rings. The average molecular weight is 305 g/mol. The van der Waals surface area contributed by atoms with Gasteiger partial charge in [-0.3, -0.25) is 4.72 Å². The van der Waals surface area contributed by atoms with Crippen molar-refractivity contribution in [3.05, 3.63) is 59.4 Å². The summed E-state index contributed by atoms with van der Waals surface area (Å²) in [6.07, 6.45) is 0. The minimum Gasteiger partial charge on any atom is -0.397 e. The average Bonchev–Trinajstić information content (AvgIpc) is 2.42. The minimum absolute atomic E-state index is 0.0124. The van der Waals surface area contributed by atoms with Gasteiger partial charge in [-0.25, -0.2) is 12.8 Å². The Labute approximate surface area is 121 Å². The van der Waals surface area contributed by atoms with Crippen molar-refractivity contribution in [3.8, 4) is 6.07 Å². The first-order chi connectivity index (χ1) is 9.89. The summed E-state index contributed by atoms with van der Waals surface area (Å²) in [7, 11) is -3.68. The molecule has 0 radical (unpaired) electrons. The predicted molar refractivity (Wildman–Crippen MR) is 78.2 cm³/mol. The second-order valence-electron chi connectivity index (χ2n) is 4.40. The van der Waals surface area contributed by atoms with Gasteiger partial charge in [0.2, 0.25) is 10.0 Å². The van der Waals surface area contributed by atoms with Crippen LogP contribution in [0.4, 0.5) is 15.8 Å². The molecule has 0 aromatic heterocycles. The lowest BCUT2D eigenvalue weighted by atomic mass is 10.2. The van der Waals surface area contributed by atoms with Gasteiger partial charge in [-0.05, 0) is 35.9 Å². The van der Waals surface area contributed by atoms with Crippen LogP contribution in [0.2, 0.25) is 0 Å². The molecule has 0 atom stereocenters. The summed E-state index contributed by atoms with van der Waals surface area (Å²) in [4.78, 5) is 0. The Morgan fingerprint density at radius 2 is 1.86 bits per heavy atom. The molecule has 0 aliphatic rings. The number of nitrogens with zero attached hydrogens (tertiary/aromatic N) is 1. The van der Waals surface area contributed by atoms with Crippen LogP contribution in [0.5, 0.6) is 0 Å². The van der Waals surface area contributed by atoms with Crippen LogP contribution in [0.15, 0.2) is 42.5 Å². The maximum Gasteiger partial charge on any atom is 0.236 e. The highest BCUT2D eigenvalue weighted by molar-refractivity contribution is 7.91. The van der Waals surface area contributed by atoms with Gasteiger partial charge >= 0.3 is 0 Å². The molecule has 0 spiro atoms. The number of hydrogen-bond acceptors (Lipinski definition) is 4. The molecule has 2 aromatic carbocycles. The highest BCUT2D eigenvalue weighted by atomic mass is 32.2. The summed E-state index contributed by atoms with van der Waals surface area (Å²) < 4.78 is 39.3. The maximum absolute atomic E-state index is 12.9. The molecule has 108 valence electrons. The van der Waals surface area contributed by atoms with E-state index in [0.29, 0.717) is 11.1 Å². The van der Waals surface area contributed by atoms with Crippen LogP contribution in [0.25, 0.3) is 0 Å². The van der Waals surface area contributed by atoms with Crippen molar-refractivity contribution < 1.29 is 12.8 Å². The third-order valence-electron chi connectivity index (χ3n) is 2.72. The molecule has 2 rings (SSSR count). The first-order valence-electron chi connectivity index (χ1n) is 5.94. The molecule has 0 heterocycles. The summed E-state index contributed by atoms with van der Waals surface area (Å²) in [5.74, 6) is -0.808. The Morgan fingerprint density at radius 3 is 2.43 bits per heavy atom. The van der Waals surface area contributed by atoms with Crippen LogP contribution in [-0.2, 0) is 15.8 Å². The van der Waals surface area contributed by atoms with Crippen LogP contribution in [-0.4, -0.2) is 8.42 Å². The molecule has 0 bridgehead atoms. The number of nitrogens with two attached hydrogens (primary N) is 1. The number of benzene rings is 2. The summed E-state index contributed by atoms with van der Waals surface area (Å²) in [5, 5.41) is 8.68. The van der Waals surface area contributed by atoms with Gasteiger partial charge in [0.15, 0.2) is 0 Å². The molecular formula is C14H12FN3O2S. The molecule has 5 nitrogen and oxygen atoms in total. The third-order valence-corrected chi connectivity index (χ3v) is 3.96. The topological polar surface area (TPSA) is 96.0 Å². The van der Waals surface area contributed by atoms with Gasteiger partial charge in [-0.1, -0.05) is 12.1 Å². The molecule has 3 N–H and O–H groups in total. The summed E-state index contributed by atoms with van der Waals surface area (Å²) in [6.45, 7) is 0. The fraction of sp³-hybridized carbons (Fsp3) is 0.0714. The quantitative estimate of drug-likeness (QED) is 0.846. The van der Waals surface area contributed by atoms with Crippen molar-refractivity contribution in [3.63, 3.8) is 0 Å². The van der Waals surface area contributed by atoms with Crippen LogP contribution in [0.3, 0.4) is 0 Å². The zero-order valence-electron chi connectivity index (χ0n) is 10.9. The van der Waals surface area contributed by atoms with Gasteiger partial charge in [0.05, 0.1) is 28.8 Å². The number of sulfonamides is 1. The normalized spacial score (nSPS) is 10.9. The van der Waals surface area contributed by atoms with Crippen LogP contribution in [0, 0.1) is 17.1 Å². The Bertz CT molecular complexity index is 796. The van der Waals surface area contributed by atoms with E-state index in [1.54, 1.807) is 12.1 Å². The smallest absolute Gasteiger partial charge is 0.236 e. The fourth-order valence-corrected chi connectivity index (χ4v) is 2.95. The lowest BCUT2D eigenvalue weighted by Gasteiger charge is -2.10. The number of rotatable bonds is 4. The number of hydrogen-bond donors (Lipinski definition) is 2. The van der Waals surface area contributed by atoms with E-state index in [1.807, 2.05) is 6.07 Å². The standard InChI is InChI=1S/C14H12FN3O2S/c15-12-5-6-14(13(17)7-12)18-21(19,20)9-11-3-1-10(8-16)2-4-11/h1-7,18H,9,17H2. The molecule has 2 aromatic rings. The van der Waals surface area contributed by atoms with Crippen molar-refractivity contribution in [2.75, 3.05) is 10.5 Å². The molecule has 21 heavy (non-hydrogen) atoms. The van der Waals surface area contributed by atoms with E-state index < -0.39 is 15.8 Å². The summed E-state index contributed by atoms with van der Waals surface area (Å²) >= 11 is 0. The first-order valence-corrected chi connectivity index (χ1v) is 7.59. The lowest BCUT2D eigenvalue weighted by Crippen LogP contribution is -2.16. The summed E-state index contributed by atoms with van der Waals surface area (Å²) in [5.41, 5.74) is 6.68. The number of nitriles is 1. The Hall–Kier alpha value is -2.59. The minimum atomic E-state index is -3.68. The largest absolute Gasteiger partial charge is 0.397 e. The van der Waals surface area contributed by atoms with E-state index in [1.165, 1.54) is 18.2 Å². The van der Waals surface area contributed by atoms with Crippen LogP contribution < -0.4 is 10.5 Å². The SMILES string of the molecule is N#Cc1ccc(CS(=O)(=O)Nc2ccc(F)cc2N)cc1. The maximum atomic E-state index is 12.9. The monoisotopic (exact) mass is 305 g/mol. The van der Waals surface area contributed by atoms with Crippen molar-refractivity contribution in [1.29, 1.82) is 5.26 Å². The zero-order valence-corrected chi connectivity index (χ0v) is 11.7. The molecule has 0 saturated heterocycles. The second-order valence-corrected chi connectivity index (χ2v) is 6.12. The molecule has 0 aliphatic heterocycles. The fourth-order valence-electron chi connectivity index (χ4n) is 1.73. The molecular weight excluding hydrogens is 293 g/mol. The van der Waals surface area contributed by atoms with Crippen molar-refractivity contribution in [1.82, 2.24) is 0 Å². The van der Waals surface area contributed by atoms with E-state index in [9.17, 15) is 12.8 Å². The van der Waals surface area contributed by atoms with E-state index in [-0.39, 0.29) is 17.1 Å². The number of anilines is 2. The number of nitrogens with one attached hydrogen (secondary N) is 1. The Balaban J connectivity index is 2.16. The van der Waals surface area contributed by atoms with Gasteiger partial charge in [0.25, 0.3) is 0 Å². The number of nitrogen functional groups attached to an aromatic ring is 1. The first kappa shape index (κ1) is 14.8. The van der Waals surface area contributed by atoms with E-state index in [4.69, 9.17) is 11.0 Å². The Morgan fingerprint density at radius 1 is 1.19 bits per heavy atom. The molecule has 0 amide bonds. The van der Waals surface area contributed by atoms with Gasteiger partial charge < -0.3 is 5.73 Å². The van der Waals surface area contributed by atoms with E-state index in [2.05, 4.69) is 4.72 Å². The van der Waals surface area contributed by atoms with E-state index in [0.717, 1.165) is 12.1 Å². The molecule has 0 aliphatic carbocycles. The highest BCUT2D eigenvalue weighted by Crippen LogP contribution is 2.21. The predicted octanol–water partition coefficient (Wildman–Crippen LogP) is 2.22. The molecule has 7 heteroatoms. The van der Waals surface area contributed by atoms with Crippen molar-refractivity contribution >= 4 is 21.4 Å². The number of halogens is 1. The van der Waals surface area contributed by atoms with Crippen LogP contribution in [0.1, 0.15) is 11.1 Å². The Kier molecular flexibility index (Phi) is 4.10. The summed E-state index contributed by atoms with van der Waals surface area (Å²) in [6, 6.07) is 11.6. The van der Waals surface area contributed by atoms with Crippen molar-refractivity contribution in [2.45, 2.75) is 5.75 Å². The third kappa shape index (κ3) is 3.94. The van der Waals surface area contributed by atoms with Gasteiger partial charge in [0, 0.05) is 0 Å². The van der Waals surface area contributed by atoms with Gasteiger partial charge in [-0.2, -0.15) is 5.26 Å². The zero-order chi connectivity index (χ0) is 15.5. The second kappa shape index (κ2) is 5.81. The highest BCUT2D eigenvalue weighted by Gasteiger charge is 2.13. The van der Waals surface area contributed by atoms with Crippen LogP contribution >= 0.6 is 0 Å². The molecule has 0 unspecified atom stereocenters. The molecule has 0 saturated carbocycles.